The molecule has 0 saturated heterocycles. The van der Waals surface area contributed by atoms with E-state index in [1.54, 1.807) is 0 Å². The fourth-order valence-corrected chi connectivity index (χ4v) is 0. The second kappa shape index (κ2) is 15.3. The molecule has 0 aromatic heterocycles. The van der Waals surface area contributed by atoms with Gasteiger partial charge in [-0.3, -0.25) is 0 Å². The van der Waals surface area contributed by atoms with Crippen molar-refractivity contribution in [1.82, 2.24) is 0 Å². The van der Waals surface area contributed by atoms with Crippen molar-refractivity contribution in [2.45, 2.75) is 0 Å². The van der Waals surface area contributed by atoms with Crippen LogP contribution in [0.25, 0.3) is 0 Å². The van der Waals surface area contributed by atoms with Crippen molar-refractivity contribution in [3.63, 3.8) is 0 Å². The van der Waals surface area contributed by atoms with Crippen molar-refractivity contribution in [3.8, 4) is 0 Å². The van der Waals surface area contributed by atoms with Crippen LogP contribution in [0, 0.1) is 0 Å². The molecule has 40 valence electrons. The molecule has 0 N–H and O–H groups in total. The van der Waals surface area contributed by atoms with Gasteiger partial charge in [-0.15, -0.1) is 0 Å². The summed E-state index contributed by atoms with van der Waals surface area (Å²) in [5.41, 5.74) is 0. The van der Waals surface area contributed by atoms with Gasteiger partial charge in [-0.25, -0.2) is 0 Å². The number of hydrogen-bond acceptors (Lipinski definition) is 4. The predicted molar refractivity (Wildman–Crippen MR) is 17.3 cm³/mol. The Labute approximate surface area is 179 Å². The Morgan fingerprint density at radius 1 is 1.00 bits per heavy atom. The van der Waals surface area contributed by atoms with Crippen LogP contribution in [0.3, 0.4) is 0 Å². The Kier molecular flexibility index (Phi) is 49.8. The standard InChI is InChI=1S/Cr.2K.2Mg.4O.4H/q;2*+1;2*+2;;;6*-1. The van der Waals surface area contributed by atoms with E-state index in [1.165, 1.54) is 0 Å². The van der Waals surface area contributed by atoms with Crippen LogP contribution in [0.15, 0.2) is 0 Å². The molecule has 9 heteroatoms. The molecule has 9 heavy (non-hydrogen) atoms. The van der Waals surface area contributed by atoms with Gasteiger partial charge in [0.15, 0.2) is 0 Å². The number of rotatable bonds is 0. The summed E-state index contributed by atoms with van der Waals surface area (Å²) >= 11 is -5.75. The van der Waals surface area contributed by atoms with E-state index < -0.39 is 13.6 Å². The molecule has 0 radical (unpaired) electrons. The summed E-state index contributed by atoms with van der Waals surface area (Å²) in [5.74, 6) is 0. The van der Waals surface area contributed by atoms with Gasteiger partial charge in [-0.2, -0.15) is 0 Å². The zero-order chi connectivity index (χ0) is 4.50. The third-order valence-corrected chi connectivity index (χ3v) is 0. The molecule has 0 spiro atoms. The second-order valence-electron chi connectivity index (χ2n) is 0.408. The van der Waals surface area contributed by atoms with E-state index in [9.17, 15) is 0 Å². The van der Waals surface area contributed by atoms with E-state index >= 15 is 0 Å². The predicted octanol–water partition coefficient (Wildman–Crippen LogP) is -8.92. The van der Waals surface area contributed by atoms with Crippen molar-refractivity contribution in [3.05, 3.63) is 0 Å². The van der Waals surface area contributed by atoms with Gasteiger partial charge in [0.05, 0.1) is 0 Å². The maximum atomic E-state index is 8.59. The van der Waals surface area contributed by atoms with Crippen LogP contribution in [0.4, 0.5) is 0 Å². The summed E-state index contributed by atoms with van der Waals surface area (Å²) in [6, 6.07) is 0. The van der Waals surface area contributed by atoms with Crippen molar-refractivity contribution in [2.24, 2.45) is 0 Å². The van der Waals surface area contributed by atoms with Crippen molar-refractivity contribution in [2.75, 3.05) is 0 Å². The van der Waals surface area contributed by atoms with E-state index in [1.807, 2.05) is 0 Å². The molecule has 0 heterocycles. The normalized spacial score (nSPS) is 6.44. The molecular weight excluding hydrogens is 243 g/mol. The Morgan fingerprint density at radius 2 is 1.00 bits per heavy atom. The van der Waals surface area contributed by atoms with Gasteiger partial charge in [0.1, 0.15) is 0 Å². The summed E-state index contributed by atoms with van der Waals surface area (Å²) in [4.78, 5) is 0. The minimum absolute atomic E-state index is 0. The summed E-state index contributed by atoms with van der Waals surface area (Å²) in [6.07, 6.45) is 0. The molecule has 0 aliphatic rings. The monoisotopic (exact) mass is 246 g/mol. The van der Waals surface area contributed by atoms with Crippen LogP contribution in [0.2, 0.25) is 0 Å². The van der Waals surface area contributed by atoms with E-state index in [0.29, 0.717) is 0 Å². The first kappa shape index (κ1) is 29.2. The average Bonchev–Trinajstić information content (AvgIpc) is 0.722. The zero-order valence-electron chi connectivity index (χ0n) is 9.46. The Hall–Kier alpha value is 4.86. The Bertz CT molecular complexity index is 111. The van der Waals surface area contributed by atoms with Gasteiger partial charge < -0.3 is 5.71 Å². The molecule has 0 aliphatic carbocycles. The van der Waals surface area contributed by atoms with Crippen LogP contribution in [0.5, 0.6) is 0 Å². The van der Waals surface area contributed by atoms with E-state index in [4.69, 9.17) is 15.9 Å². The molecule has 0 aromatic rings. The van der Waals surface area contributed by atoms with Crippen LogP contribution in [-0.2, 0) is 21.2 Å². The molecule has 0 aliphatic heterocycles. The average molecular weight is 247 g/mol. The van der Waals surface area contributed by atoms with E-state index in [2.05, 4.69) is 0 Å². The molecule has 0 bridgehead atoms. The third kappa shape index (κ3) is 64.2. The second-order valence-corrected chi connectivity index (χ2v) is 1.68. The Morgan fingerprint density at radius 3 is 1.00 bits per heavy atom. The molecule has 0 unspecified atom stereocenters. The minimum atomic E-state index is -5.75. The first-order valence-electron chi connectivity index (χ1n) is 0.667. The Balaban J connectivity index is -0.00000000286. The molecule has 4 nitrogen and oxygen atoms in total. The van der Waals surface area contributed by atoms with Crippen LogP contribution >= 0.6 is 0 Å². The van der Waals surface area contributed by atoms with Gasteiger partial charge in [0, 0.05) is 0 Å². The maximum absolute atomic E-state index is 8.59. The van der Waals surface area contributed by atoms with Crippen LogP contribution in [-0.4, -0.2) is 46.1 Å². The number of hydrogen-bond donors (Lipinski definition) is 0. The first-order valence-corrected chi connectivity index (χ1v) is 2.75. The van der Waals surface area contributed by atoms with E-state index in [-0.39, 0.29) is 155 Å². The molecule has 0 atom stereocenters. The fraction of sp³-hybridized carbons (Fsp3) is 0. The summed E-state index contributed by atoms with van der Waals surface area (Å²) in [5, 5.41) is 0. The van der Waals surface area contributed by atoms with Gasteiger partial charge in [-0.1, -0.05) is 0 Å². The molecular formula is H4CrK2Mg2O4. The van der Waals surface area contributed by atoms with Gasteiger partial charge in [0.25, 0.3) is 0 Å². The first-order chi connectivity index (χ1) is 2.00. The SMILES string of the molecule is [H-].[H-].[H-].[H-].[K+].[K+].[Mg+2].[Mg+2].[O]=[Cr](=[O])([O-])[O-]. The van der Waals surface area contributed by atoms with Gasteiger partial charge >= 0.3 is 178 Å². The summed E-state index contributed by atoms with van der Waals surface area (Å²) in [7, 11) is 0. The van der Waals surface area contributed by atoms with Crippen LogP contribution in [0.1, 0.15) is 5.71 Å². The topological polar surface area (TPSA) is 80.3 Å². The molecule has 0 rings (SSSR count). The molecule has 0 amide bonds. The van der Waals surface area contributed by atoms with Gasteiger partial charge in [-0.05, 0) is 0 Å². The van der Waals surface area contributed by atoms with Crippen molar-refractivity contribution in [1.29, 1.82) is 0 Å². The van der Waals surface area contributed by atoms with Gasteiger partial charge in [0.2, 0.25) is 0 Å². The third-order valence-electron chi connectivity index (χ3n) is 0. The van der Waals surface area contributed by atoms with Crippen LogP contribution < -0.4 is 111 Å². The molecule has 0 aromatic carbocycles. The molecule has 0 fully saturated rings. The fourth-order valence-electron chi connectivity index (χ4n) is 0. The zero-order valence-corrected chi connectivity index (χ0v) is 15.8. The quantitative estimate of drug-likeness (QED) is 0.398. The van der Waals surface area contributed by atoms with E-state index in [0.717, 1.165) is 0 Å². The van der Waals surface area contributed by atoms with Crippen molar-refractivity contribution < 1.29 is 138 Å². The molecule has 0 saturated carbocycles. The van der Waals surface area contributed by atoms with Crippen molar-refractivity contribution >= 4 is 46.1 Å². The summed E-state index contributed by atoms with van der Waals surface area (Å²) in [6.45, 7) is 0. The summed E-state index contributed by atoms with van der Waals surface area (Å²) < 4.78 is 34.4.